The van der Waals surface area contributed by atoms with Crippen molar-refractivity contribution in [3.63, 3.8) is 0 Å². The Labute approximate surface area is 132 Å². The molecule has 2 aromatic rings. The van der Waals surface area contributed by atoms with Crippen LogP contribution in [0.3, 0.4) is 0 Å². The maximum absolute atomic E-state index is 4.45. The molecule has 2 rings (SSSR count). The van der Waals surface area contributed by atoms with Crippen LogP contribution in [-0.4, -0.2) is 16.5 Å². The molecule has 1 aromatic carbocycles. The van der Waals surface area contributed by atoms with Crippen LogP contribution in [0.15, 0.2) is 45.0 Å². The molecule has 3 nitrogen and oxygen atoms in total. The van der Waals surface area contributed by atoms with E-state index in [9.17, 15) is 0 Å². The zero-order chi connectivity index (χ0) is 14.4. The highest BCUT2D eigenvalue weighted by Crippen LogP contribution is 2.35. The molecule has 1 N–H and O–H groups in total. The standard InChI is InChI=1S/C15H18BrN3S/c1-3-9-17-14-11(4-2)15(19-10-18-14)20-13-8-6-5-7-12(13)16/h5-8,10H,3-4,9H2,1-2H3,(H,17,18,19). The maximum Gasteiger partial charge on any atom is 0.133 e. The minimum absolute atomic E-state index is 0.916. The summed E-state index contributed by atoms with van der Waals surface area (Å²) >= 11 is 5.26. The Bertz CT molecular complexity index is 575. The molecule has 20 heavy (non-hydrogen) atoms. The van der Waals surface area contributed by atoms with E-state index in [0.29, 0.717) is 0 Å². The van der Waals surface area contributed by atoms with Crippen LogP contribution in [0.1, 0.15) is 25.8 Å². The number of hydrogen-bond acceptors (Lipinski definition) is 4. The molecule has 106 valence electrons. The predicted octanol–water partition coefficient (Wildman–Crippen LogP) is 4.77. The molecule has 0 atom stereocenters. The third kappa shape index (κ3) is 3.73. The Morgan fingerprint density at radius 3 is 2.70 bits per heavy atom. The summed E-state index contributed by atoms with van der Waals surface area (Å²) in [4.78, 5) is 9.98. The van der Waals surface area contributed by atoms with Gasteiger partial charge in [0.15, 0.2) is 0 Å². The lowest BCUT2D eigenvalue weighted by Crippen LogP contribution is -2.06. The van der Waals surface area contributed by atoms with Gasteiger partial charge in [0, 0.05) is 21.5 Å². The number of benzene rings is 1. The van der Waals surface area contributed by atoms with Crippen LogP contribution in [0.25, 0.3) is 0 Å². The van der Waals surface area contributed by atoms with Crippen LogP contribution in [0.4, 0.5) is 5.82 Å². The fourth-order valence-corrected chi connectivity index (χ4v) is 3.34. The molecule has 1 heterocycles. The molecule has 0 saturated carbocycles. The Hall–Kier alpha value is -1.07. The summed E-state index contributed by atoms with van der Waals surface area (Å²) in [5, 5.41) is 4.40. The highest BCUT2D eigenvalue weighted by Gasteiger charge is 2.12. The number of rotatable bonds is 6. The SMILES string of the molecule is CCCNc1ncnc(Sc2ccccc2Br)c1CC. The van der Waals surface area contributed by atoms with Crippen LogP contribution in [0.2, 0.25) is 0 Å². The quantitative estimate of drug-likeness (QED) is 0.760. The summed E-state index contributed by atoms with van der Waals surface area (Å²) in [6.45, 7) is 5.22. The summed E-state index contributed by atoms with van der Waals surface area (Å²) in [7, 11) is 0. The van der Waals surface area contributed by atoms with E-state index in [1.807, 2.05) is 18.2 Å². The van der Waals surface area contributed by atoms with Gasteiger partial charge >= 0.3 is 0 Å². The lowest BCUT2D eigenvalue weighted by atomic mass is 10.2. The molecule has 0 radical (unpaired) electrons. The molecule has 0 amide bonds. The molecule has 0 aliphatic carbocycles. The first-order valence-corrected chi connectivity index (χ1v) is 8.37. The fraction of sp³-hybridized carbons (Fsp3) is 0.333. The summed E-state index contributed by atoms with van der Waals surface area (Å²) in [6, 6.07) is 8.19. The van der Waals surface area contributed by atoms with E-state index < -0.39 is 0 Å². The molecular weight excluding hydrogens is 334 g/mol. The average Bonchev–Trinajstić information content (AvgIpc) is 2.47. The van der Waals surface area contributed by atoms with Crippen LogP contribution < -0.4 is 5.32 Å². The highest BCUT2D eigenvalue weighted by atomic mass is 79.9. The molecule has 1 aromatic heterocycles. The number of nitrogens with zero attached hydrogens (tertiary/aromatic N) is 2. The molecule has 0 spiro atoms. The molecule has 0 aliphatic rings. The number of halogens is 1. The normalized spacial score (nSPS) is 10.6. The third-order valence-electron chi connectivity index (χ3n) is 2.85. The molecule has 0 bridgehead atoms. The van der Waals surface area contributed by atoms with Gasteiger partial charge in [-0.1, -0.05) is 37.7 Å². The second-order valence-electron chi connectivity index (χ2n) is 4.32. The van der Waals surface area contributed by atoms with E-state index in [1.54, 1.807) is 18.1 Å². The van der Waals surface area contributed by atoms with E-state index in [4.69, 9.17) is 0 Å². The zero-order valence-corrected chi connectivity index (χ0v) is 14.1. The van der Waals surface area contributed by atoms with Crippen molar-refractivity contribution in [3.8, 4) is 0 Å². The van der Waals surface area contributed by atoms with Gasteiger partial charge in [0.05, 0.1) is 0 Å². The molecule has 5 heteroatoms. The molecule has 0 aliphatic heterocycles. The van der Waals surface area contributed by atoms with Crippen molar-refractivity contribution in [1.82, 2.24) is 9.97 Å². The van der Waals surface area contributed by atoms with Gasteiger partial charge in [-0.05, 0) is 40.9 Å². The molecule has 0 unspecified atom stereocenters. The number of anilines is 1. The van der Waals surface area contributed by atoms with E-state index in [1.165, 1.54) is 10.5 Å². The third-order valence-corrected chi connectivity index (χ3v) is 4.92. The fourth-order valence-electron chi connectivity index (χ4n) is 1.83. The smallest absolute Gasteiger partial charge is 0.133 e. The van der Waals surface area contributed by atoms with Gasteiger partial charge in [0.2, 0.25) is 0 Å². The number of nitrogens with one attached hydrogen (secondary N) is 1. The van der Waals surface area contributed by atoms with Gasteiger partial charge in [-0.15, -0.1) is 0 Å². The van der Waals surface area contributed by atoms with Crippen LogP contribution in [0, 0.1) is 0 Å². The van der Waals surface area contributed by atoms with Gasteiger partial charge in [0.1, 0.15) is 17.2 Å². The maximum atomic E-state index is 4.45. The second kappa shape index (κ2) is 7.64. The first kappa shape index (κ1) is 15.3. The Balaban J connectivity index is 2.29. The lowest BCUT2D eigenvalue weighted by Gasteiger charge is -2.12. The molecule has 0 fully saturated rings. The van der Waals surface area contributed by atoms with E-state index in [0.717, 1.165) is 34.7 Å². The van der Waals surface area contributed by atoms with Crippen molar-refractivity contribution in [3.05, 3.63) is 40.6 Å². The van der Waals surface area contributed by atoms with Crippen molar-refractivity contribution >= 4 is 33.5 Å². The first-order chi connectivity index (χ1) is 9.76. The van der Waals surface area contributed by atoms with Gasteiger partial charge in [-0.3, -0.25) is 0 Å². The monoisotopic (exact) mass is 351 g/mol. The molecular formula is C15H18BrN3S. The summed E-state index contributed by atoms with van der Waals surface area (Å²) in [5.41, 5.74) is 1.18. The van der Waals surface area contributed by atoms with E-state index >= 15 is 0 Å². The van der Waals surface area contributed by atoms with Crippen LogP contribution in [-0.2, 0) is 6.42 Å². The zero-order valence-electron chi connectivity index (χ0n) is 11.7. The van der Waals surface area contributed by atoms with Crippen molar-refractivity contribution < 1.29 is 0 Å². The average molecular weight is 352 g/mol. The van der Waals surface area contributed by atoms with Crippen molar-refractivity contribution in [2.24, 2.45) is 0 Å². The lowest BCUT2D eigenvalue weighted by molar-refractivity contribution is 0.911. The Kier molecular flexibility index (Phi) is 5.86. The number of aromatic nitrogens is 2. The first-order valence-electron chi connectivity index (χ1n) is 6.76. The van der Waals surface area contributed by atoms with Gasteiger partial charge in [-0.2, -0.15) is 0 Å². The molecule has 0 saturated heterocycles. The van der Waals surface area contributed by atoms with Crippen molar-refractivity contribution in [1.29, 1.82) is 0 Å². The van der Waals surface area contributed by atoms with Crippen molar-refractivity contribution in [2.45, 2.75) is 36.6 Å². The van der Waals surface area contributed by atoms with Gasteiger partial charge in [-0.25, -0.2) is 9.97 Å². The topological polar surface area (TPSA) is 37.8 Å². The van der Waals surface area contributed by atoms with E-state index in [2.05, 4.69) is 51.1 Å². The highest BCUT2D eigenvalue weighted by molar-refractivity contribution is 9.10. The van der Waals surface area contributed by atoms with E-state index in [-0.39, 0.29) is 0 Å². The minimum atomic E-state index is 0.916. The van der Waals surface area contributed by atoms with Crippen LogP contribution in [0.5, 0.6) is 0 Å². The second-order valence-corrected chi connectivity index (χ2v) is 6.20. The summed E-state index contributed by atoms with van der Waals surface area (Å²) < 4.78 is 1.09. The predicted molar refractivity (Wildman–Crippen MR) is 88.5 cm³/mol. The van der Waals surface area contributed by atoms with Gasteiger partial charge in [0.25, 0.3) is 0 Å². The van der Waals surface area contributed by atoms with Gasteiger partial charge < -0.3 is 5.32 Å². The van der Waals surface area contributed by atoms with Crippen LogP contribution >= 0.6 is 27.7 Å². The minimum Gasteiger partial charge on any atom is -0.370 e. The Morgan fingerprint density at radius 2 is 2.00 bits per heavy atom. The largest absolute Gasteiger partial charge is 0.370 e. The Morgan fingerprint density at radius 1 is 1.20 bits per heavy atom. The van der Waals surface area contributed by atoms with Crippen molar-refractivity contribution in [2.75, 3.05) is 11.9 Å². The summed E-state index contributed by atoms with van der Waals surface area (Å²) in [6.07, 6.45) is 3.63. The number of hydrogen-bond donors (Lipinski definition) is 1. The summed E-state index contributed by atoms with van der Waals surface area (Å²) in [5.74, 6) is 0.957.